The molecule has 2 rings (SSSR count). The standard InChI is InChI=1S/C13H17ClN2O/c1-15-8-7-13(17)16-12-6-5-9-10(12)3-2-4-11(9)14/h2-4,12,15H,5-8H2,1H3,(H,16,17). The van der Waals surface area contributed by atoms with Gasteiger partial charge in [-0.05, 0) is 37.1 Å². The second-order valence-electron chi connectivity index (χ2n) is 4.32. The van der Waals surface area contributed by atoms with Gasteiger partial charge in [-0.3, -0.25) is 4.79 Å². The van der Waals surface area contributed by atoms with Crippen molar-refractivity contribution < 1.29 is 4.79 Å². The highest BCUT2D eigenvalue weighted by atomic mass is 35.5. The van der Waals surface area contributed by atoms with Crippen LogP contribution in [0, 0.1) is 0 Å². The summed E-state index contributed by atoms with van der Waals surface area (Å²) < 4.78 is 0. The highest BCUT2D eigenvalue weighted by Crippen LogP contribution is 2.35. The van der Waals surface area contributed by atoms with Crippen molar-refractivity contribution >= 4 is 17.5 Å². The fourth-order valence-electron chi connectivity index (χ4n) is 2.26. The monoisotopic (exact) mass is 252 g/mol. The summed E-state index contributed by atoms with van der Waals surface area (Å²) >= 11 is 6.13. The lowest BCUT2D eigenvalue weighted by molar-refractivity contribution is -0.121. The molecule has 1 unspecified atom stereocenters. The number of carbonyl (C=O) groups is 1. The van der Waals surface area contributed by atoms with Crippen LogP contribution in [0.15, 0.2) is 18.2 Å². The third-order valence-corrected chi connectivity index (χ3v) is 3.50. The van der Waals surface area contributed by atoms with Gasteiger partial charge in [0.15, 0.2) is 0 Å². The highest BCUT2D eigenvalue weighted by molar-refractivity contribution is 6.31. The van der Waals surface area contributed by atoms with E-state index in [9.17, 15) is 4.79 Å². The van der Waals surface area contributed by atoms with E-state index in [-0.39, 0.29) is 11.9 Å². The summed E-state index contributed by atoms with van der Waals surface area (Å²) in [6, 6.07) is 6.04. The molecular formula is C13H17ClN2O. The van der Waals surface area contributed by atoms with Crippen LogP contribution in [-0.2, 0) is 11.2 Å². The Morgan fingerprint density at radius 3 is 3.12 bits per heavy atom. The molecule has 0 heterocycles. The van der Waals surface area contributed by atoms with Crippen molar-refractivity contribution in [1.82, 2.24) is 10.6 Å². The topological polar surface area (TPSA) is 41.1 Å². The summed E-state index contributed by atoms with van der Waals surface area (Å²) in [4.78, 5) is 11.7. The number of amides is 1. The molecule has 92 valence electrons. The minimum atomic E-state index is 0.0946. The third kappa shape index (κ3) is 2.79. The van der Waals surface area contributed by atoms with Gasteiger partial charge in [0.1, 0.15) is 0 Å². The van der Waals surface area contributed by atoms with E-state index < -0.39 is 0 Å². The van der Waals surface area contributed by atoms with Crippen molar-refractivity contribution in [3.8, 4) is 0 Å². The second kappa shape index (κ2) is 5.52. The molecule has 0 aliphatic heterocycles. The zero-order chi connectivity index (χ0) is 12.3. The van der Waals surface area contributed by atoms with E-state index in [0.717, 1.165) is 17.9 Å². The first-order valence-electron chi connectivity index (χ1n) is 5.93. The van der Waals surface area contributed by atoms with Gasteiger partial charge in [-0.25, -0.2) is 0 Å². The Morgan fingerprint density at radius 1 is 1.53 bits per heavy atom. The summed E-state index contributed by atoms with van der Waals surface area (Å²) in [7, 11) is 1.85. The lowest BCUT2D eigenvalue weighted by Gasteiger charge is -2.14. The molecule has 0 radical (unpaired) electrons. The average molecular weight is 253 g/mol. The summed E-state index contributed by atoms with van der Waals surface area (Å²) in [6.45, 7) is 0.709. The maximum absolute atomic E-state index is 11.7. The van der Waals surface area contributed by atoms with Gasteiger partial charge < -0.3 is 10.6 Å². The van der Waals surface area contributed by atoms with Crippen LogP contribution in [0.5, 0.6) is 0 Å². The van der Waals surface area contributed by atoms with Gasteiger partial charge in [0.05, 0.1) is 6.04 Å². The quantitative estimate of drug-likeness (QED) is 0.861. The zero-order valence-electron chi connectivity index (χ0n) is 9.92. The van der Waals surface area contributed by atoms with Gasteiger partial charge in [-0.1, -0.05) is 23.7 Å². The molecule has 1 aromatic rings. The van der Waals surface area contributed by atoms with Crippen molar-refractivity contribution in [2.75, 3.05) is 13.6 Å². The Bertz CT molecular complexity index is 420. The van der Waals surface area contributed by atoms with Crippen LogP contribution in [-0.4, -0.2) is 19.5 Å². The van der Waals surface area contributed by atoms with Crippen molar-refractivity contribution in [1.29, 1.82) is 0 Å². The molecule has 17 heavy (non-hydrogen) atoms. The van der Waals surface area contributed by atoms with Gasteiger partial charge in [0.2, 0.25) is 5.91 Å². The van der Waals surface area contributed by atoms with E-state index in [0.29, 0.717) is 13.0 Å². The van der Waals surface area contributed by atoms with Crippen molar-refractivity contribution in [3.05, 3.63) is 34.3 Å². The van der Waals surface area contributed by atoms with Gasteiger partial charge in [-0.15, -0.1) is 0 Å². The van der Waals surface area contributed by atoms with Crippen LogP contribution in [0.1, 0.15) is 30.0 Å². The van der Waals surface area contributed by atoms with E-state index in [4.69, 9.17) is 11.6 Å². The van der Waals surface area contributed by atoms with Crippen molar-refractivity contribution in [2.45, 2.75) is 25.3 Å². The molecule has 2 N–H and O–H groups in total. The van der Waals surface area contributed by atoms with Crippen molar-refractivity contribution in [3.63, 3.8) is 0 Å². The van der Waals surface area contributed by atoms with Crippen molar-refractivity contribution in [2.24, 2.45) is 0 Å². The zero-order valence-corrected chi connectivity index (χ0v) is 10.7. The summed E-state index contributed by atoms with van der Waals surface area (Å²) in [5.74, 6) is 0.0946. The second-order valence-corrected chi connectivity index (χ2v) is 4.73. The normalized spacial score (nSPS) is 17.9. The van der Waals surface area contributed by atoms with Gasteiger partial charge in [-0.2, -0.15) is 0 Å². The summed E-state index contributed by atoms with van der Waals surface area (Å²) in [5.41, 5.74) is 2.36. The fraction of sp³-hybridized carbons (Fsp3) is 0.462. The average Bonchev–Trinajstić information content (AvgIpc) is 2.71. The molecule has 1 amide bonds. The van der Waals surface area contributed by atoms with E-state index in [1.165, 1.54) is 11.1 Å². The van der Waals surface area contributed by atoms with Crippen LogP contribution in [0.25, 0.3) is 0 Å². The summed E-state index contributed by atoms with van der Waals surface area (Å²) in [5, 5.41) is 6.84. The number of carbonyl (C=O) groups excluding carboxylic acids is 1. The Balaban J connectivity index is 2.02. The molecule has 0 spiro atoms. The first kappa shape index (κ1) is 12.4. The molecule has 1 atom stereocenters. The minimum Gasteiger partial charge on any atom is -0.349 e. The molecular weight excluding hydrogens is 236 g/mol. The summed E-state index contributed by atoms with van der Waals surface area (Å²) in [6.07, 6.45) is 2.42. The van der Waals surface area contributed by atoms with Crippen LogP contribution in [0.3, 0.4) is 0 Å². The maximum atomic E-state index is 11.7. The molecule has 0 saturated heterocycles. The predicted octanol–water partition coefficient (Wildman–Crippen LogP) is 2.05. The molecule has 0 aromatic heterocycles. The van der Waals surface area contributed by atoms with Crippen LogP contribution in [0.2, 0.25) is 5.02 Å². The number of hydrogen-bond donors (Lipinski definition) is 2. The van der Waals surface area contributed by atoms with E-state index in [1.54, 1.807) is 0 Å². The molecule has 1 aliphatic rings. The lowest BCUT2D eigenvalue weighted by atomic mass is 10.1. The molecule has 3 nitrogen and oxygen atoms in total. The van der Waals surface area contributed by atoms with E-state index in [1.807, 2.05) is 19.2 Å². The largest absolute Gasteiger partial charge is 0.349 e. The SMILES string of the molecule is CNCCC(=O)NC1CCc2c(Cl)cccc21. The number of halogens is 1. The van der Waals surface area contributed by atoms with Crippen LogP contribution < -0.4 is 10.6 Å². The highest BCUT2D eigenvalue weighted by Gasteiger charge is 2.24. The Hall–Kier alpha value is -1.06. The Morgan fingerprint density at radius 2 is 2.35 bits per heavy atom. The number of nitrogens with one attached hydrogen (secondary N) is 2. The Labute approximate surface area is 107 Å². The number of hydrogen-bond acceptors (Lipinski definition) is 2. The van der Waals surface area contributed by atoms with Gasteiger partial charge in [0, 0.05) is 18.0 Å². The molecule has 0 fully saturated rings. The van der Waals surface area contributed by atoms with Gasteiger partial charge in [0.25, 0.3) is 0 Å². The first-order valence-corrected chi connectivity index (χ1v) is 6.31. The molecule has 0 saturated carbocycles. The lowest BCUT2D eigenvalue weighted by Crippen LogP contribution is -2.29. The number of fused-ring (bicyclic) bond motifs is 1. The first-order chi connectivity index (χ1) is 8.22. The van der Waals surface area contributed by atoms with E-state index in [2.05, 4.69) is 16.7 Å². The third-order valence-electron chi connectivity index (χ3n) is 3.15. The smallest absolute Gasteiger partial charge is 0.221 e. The number of rotatable bonds is 4. The maximum Gasteiger partial charge on any atom is 0.221 e. The molecule has 1 aromatic carbocycles. The Kier molecular flexibility index (Phi) is 4.02. The molecule has 1 aliphatic carbocycles. The predicted molar refractivity (Wildman–Crippen MR) is 69.2 cm³/mol. The molecule has 0 bridgehead atoms. The number of benzene rings is 1. The van der Waals surface area contributed by atoms with Crippen LogP contribution in [0.4, 0.5) is 0 Å². The fourth-order valence-corrected chi connectivity index (χ4v) is 2.54. The molecule has 4 heteroatoms. The minimum absolute atomic E-state index is 0.0946. The van der Waals surface area contributed by atoms with E-state index >= 15 is 0 Å². The van der Waals surface area contributed by atoms with Gasteiger partial charge >= 0.3 is 0 Å². The van der Waals surface area contributed by atoms with Crippen LogP contribution >= 0.6 is 11.6 Å².